The summed E-state index contributed by atoms with van der Waals surface area (Å²) in [6, 6.07) is 8.28. The number of likely N-dealkylation sites (N-methyl/N-ethyl adjacent to an activating group) is 1. The Morgan fingerprint density at radius 3 is 2.71 bits per heavy atom. The summed E-state index contributed by atoms with van der Waals surface area (Å²) in [7, 11) is 1.57. The van der Waals surface area contributed by atoms with Crippen molar-refractivity contribution in [3.63, 3.8) is 0 Å². The maximum atomic E-state index is 11.8. The van der Waals surface area contributed by atoms with Gasteiger partial charge in [-0.3, -0.25) is 4.79 Å². The first-order valence-corrected chi connectivity index (χ1v) is 7.42. The average molecular weight is 293 g/mol. The van der Waals surface area contributed by atoms with Crippen LogP contribution in [0.15, 0.2) is 24.3 Å². The molecule has 0 bridgehead atoms. The lowest BCUT2D eigenvalue weighted by molar-refractivity contribution is -0.123. The Hall–Kier alpha value is -1.59. The number of para-hydroxylation sites is 1. The summed E-state index contributed by atoms with van der Waals surface area (Å²) in [6.45, 7) is 6.87. The molecule has 0 aliphatic carbocycles. The fourth-order valence-electron chi connectivity index (χ4n) is 2.24. The van der Waals surface area contributed by atoms with Crippen molar-refractivity contribution in [1.29, 1.82) is 0 Å². The van der Waals surface area contributed by atoms with Crippen LogP contribution in [0.4, 0.5) is 5.69 Å². The molecule has 118 valence electrons. The van der Waals surface area contributed by atoms with E-state index in [0.29, 0.717) is 19.5 Å². The van der Waals surface area contributed by atoms with E-state index in [4.69, 9.17) is 10.5 Å². The molecule has 5 heteroatoms. The van der Waals surface area contributed by atoms with Crippen LogP contribution in [0.2, 0.25) is 0 Å². The van der Waals surface area contributed by atoms with Crippen molar-refractivity contribution < 1.29 is 9.53 Å². The molecule has 1 atom stereocenters. The van der Waals surface area contributed by atoms with Crippen LogP contribution >= 0.6 is 0 Å². The van der Waals surface area contributed by atoms with Gasteiger partial charge in [-0.15, -0.1) is 0 Å². The molecule has 0 aliphatic heterocycles. The third kappa shape index (κ3) is 5.73. The third-order valence-electron chi connectivity index (χ3n) is 3.55. The molecule has 0 heterocycles. The zero-order valence-corrected chi connectivity index (χ0v) is 13.3. The number of carbonyl (C=O) groups is 1. The Morgan fingerprint density at radius 1 is 1.43 bits per heavy atom. The second-order valence-electron chi connectivity index (χ2n) is 5.01. The number of nitrogens with two attached hydrogens (primary N) is 1. The van der Waals surface area contributed by atoms with Gasteiger partial charge >= 0.3 is 0 Å². The van der Waals surface area contributed by atoms with Gasteiger partial charge in [-0.1, -0.05) is 18.2 Å². The maximum absolute atomic E-state index is 11.8. The number of ether oxygens (including phenoxy) is 1. The van der Waals surface area contributed by atoms with Gasteiger partial charge in [0, 0.05) is 39.0 Å². The van der Waals surface area contributed by atoms with Crippen LogP contribution in [-0.2, 0) is 9.53 Å². The number of anilines is 1. The minimum absolute atomic E-state index is 0.0202. The predicted octanol–water partition coefficient (Wildman–Crippen LogP) is 1.30. The van der Waals surface area contributed by atoms with Crippen LogP contribution in [0.25, 0.3) is 0 Å². The molecule has 0 radical (unpaired) electrons. The number of hydrogen-bond acceptors (Lipinski definition) is 4. The van der Waals surface area contributed by atoms with Crippen LogP contribution in [0, 0.1) is 6.92 Å². The van der Waals surface area contributed by atoms with Gasteiger partial charge in [0.2, 0.25) is 5.91 Å². The topological polar surface area (TPSA) is 67.6 Å². The predicted molar refractivity (Wildman–Crippen MR) is 86.5 cm³/mol. The largest absolute Gasteiger partial charge is 0.380 e. The summed E-state index contributed by atoms with van der Waals surface area (Å²) < 4.78 is 5.11. The Morgan fingerprint density at radius 2 is 2.14 bits per heavy atom. The van der Waals surface area contributed by atoms with Gasteiger partial charge in [-0.2, -0.15) is 0 Å². The minimum atomic E-state index is -0.205. The normalized spacial score (nSPS) is 12.0. The summed E-state index contributed by atoms with van der Waals surface area (Å²) in [6.07, 6.45) is 0.104. The first-order valence-electron chi connectivity index (χ1n) is 7.42. The van der Waals surface area contributed by atoms with Crippen LogP contribution in [0.5, 0.6) is 0 Å². The van der Waals surface area contributed by atoms with E-state index in [1.807, 2.05) is 12.1 Å². The second kappa shape index (κ2) is 9.37. The van der Waals surface area contributed by atoms with Crippen molar-refractivity contribution in [1.82, 2.24) is 5.32 Å². The fraction of sp³-hybridized carbons (Fsp3) is 0.562. The van der Waals surface area contributed by atoms with Crippen LogP contribution in [-0.4, -0.2) is 45.3 Å². The summed E-state index contributed by atoms with van der Waals surface area (Å²) in [4.78, 5) is 14.0. The van der Waals surface area contributed by atoms with Gasteiger partial charge in [0.1, 0.15) is 0 Å². The highest BCUT2D eigenvalue weighted by Gasteiger charge is 2.12. The fourth-order valence-corrected chi connectivity index (χ4v) is 2.24. The van der Waals surface area contributed by atoms with Crippen molar-refractivity contribution in [2.45, 2.75) is 26.4 Å². The molecular weight excluding hydrogens is 266 g/mol. The van der Waals surface area contributed by atoms with E-state index in [2.05, 4.69) is 36.2 Å². The molecule has 21 heavy (non-hydrogen) atoms. The molecule has 1 aromatic carbocycles. The van der Waals surface area contributed by atoms with E-state index in [1.165, 1.54) is 11.3 Å². The molecule has 0 saturated heterocycles. The lowest BCUT2D eigenvalue weighted by Gasteiger charge is -2.25. The molecule has 1 amide bonds. The van der Waals surface area contributed by atoms with Crippen molar-refractivity contribution in [3.05, 3.63) is 29.8 Å². The first-order chi connectivity index (χ1) is 10.1. The van der Waals surface area contributed by atoms with Crippen molar-refractivity contribution in [2.24, 2.45) is 5.73 Å². The third-order valence-corrected chi connectivity index (χ3v) is 3.55. The Bertz CT molecular complexity index is 433. The summed E-state index contributed by atoms with van der Waals surface area (Å²) in [5.41, 5.74) is 7.97. The average Bonchev–Trinajstić information content (AvgIpc) is 2.50. The van der Waals surface area contributed by atoms with Gasteiger partial charge in [0.15, 0.2) is 0 Å². The van der Waals surface area contributed by atoms with Gasteiger partial charge in [0.05, 0.1) is 12.5 Å². The van der Waals surface area contributed by atoms with E-state index in [0.717, 1.165) is 13.1 Å². The number of carbonyl (C=O) groups excluding carboxylic acids is 1. The molecule has 1 unspecified atom stereocenters. The molecule has 1 rings (SSSR count). The molecular formula is C16H27N3O2. The highest BCUT2D eigenvalue weighted by atomic mass is 16.5. The minimum Gasteiger partial charge on any atom is -0.380 e. The Labute approximate surface area is 127 Å². The van der Waals surface area contributed by atoms with Crippen molar-refractivity contribution in [2.75, 3.05) is 38.2 Å². The van der Waals surface area contributed by atoms with E-state index in [9.17, 15) is 4.79 Å². The lowest BCUT2D eigenvalue weighted by atomic mass is 10.2. The second-order valence-corrected chi connectivity index (χ2v) is 5.01. The molecule has 0 aliphatic rings. The number of amides is 1. The zero-order chi connectivity index (χ0) is 15.7. The summed E-state index contributed by atoms with van der Waals surface area (Å²) >= 11 is 0. The quantitative estimate of drug-likeness (QED) is 0.720. The number of rotatable bonds is 9. The number of aryl methyl sites for hydroxylation is 1. The van der Waals surface area contributed by atoms with Gasteiger partial charge < -0.3 is 20.7 Å². The lowest BCUT2D eigenvalue weighted by Crippen LogP contribution is -2.37. The van der Waals surface area contributed by atoms with E-state index < -0.39 is 0 Å². The number of nitrogens with one attached hydrogen (secondary N) is 1. The molecule has 0 spiro atoms. The van der Waals surface area contributed by atoms with E-state index in [-0.39, 0.29) is 12.0 Å². The molecule has 0 fully saturated rings. The highest BCUT2D eigenvalue weighted by molar-refractivity contribution is 5.76. The molecule has 1 aromatic rings. The van der Waals surface area contributed by atoms with Crippen LogP contribution in [0.1, 0.15) is 18.9 Å². The van der Waals surface area contributed by atoms with Gasteiger partial charge in [-0.05, 0) is 25.5 Å². The molecule has 3 N–H and O–H groups in total. The van der Waals surface area contributed by atoms with E-state index in [1.54, 1.807) is 7.11 Å². The molecule has 0 saturated carbocycles. The van der Waals surface area contributed by atoms with Crippen LogP contribution in [0.3, 0.4) is 0 Å². The standard InChI is InChI=1S/C16H27N3O2/c1-4-19(15-8-6-5-7-13(15)2)10-9-18-16(20)11-14(12-17)21-3/h5-8,14H,4,9-12,17H2,1-3H3,(H,18,20). The number of methoxy groups -OCH3 is 1. The van der Waals surface area contributed by atoms with Crippen molar-refractivity contribution in [3.8, 4) is 0 Å². The maximum Gasteiger partial charge on any atom is 0.222 e. The Balaban J connectivity index is 2.43. The van der Waals surface area contributed by atoms with Crippen LogP contribution < -0.4 is 16.0 Å². The van der Waals surface area contributed by atoms with Gasteiger partial charge in [-0.25, -0.2) is 0 Å². The smallest absolute Gasteiger partial charge is 0.222 e. The number of hydrogen-bond donors (Lipinski definition) is 2. The SMILES string of the molecule is CCN(CCNC(=O)CC(CN)OC)c1ccccc1C. The molecule has 5 nitrogen and oxygen atoms in total. The summed E-state index contributed by atoms with van der Waals surface area (Å²) in [5.74, 6) is -0.0202. The zero-order valence-electron chi connectivity index (χ0n) is 13.3. The van der Waals surface area contributed by atoms with Gasteiger partial charge in [0.25, 0.3) is 0 Å². The van der Waals surface area contributed by atoms with Crippen molar-refractivity contribution >= 4 is 11.6 Å². The number of nitrogens with zero attached hydrogens (tertiary/aromatic N) is 1. The summed E-state index contributed by atoms with van der Waals surface area (Å²) in [5, 5.41) is 2.92. The number of benzene rings is 1. The monoisotopic (exact) mass is 293 g/mol. The molecule has 0 aromatic heterocycles. The Kier molecular flexibility index (Phi) is 7.79. The van der Waals surface area contributed by atoms with E-state index >= 15 is 0 Å². The first kappa shape index (κ1) is 17.5. The highest BCUT2D eigenvalue weighted by Crippen LogP contribution is 2.18.